The third kappa shape index (κ3) is 8.75. The lowest BCUT2D eigenvalue weighted by Gasteiger charge is -2.06. The second-order valence-electron chi connectivity index (χ2n) is 3.41. The molecule has 0 saturated carbocycles. The van der Waals surface area contributed by atoms with E-state index in [2.05, 4.69) is 35.6 Å². The minimum absolute atomic E-state index is 0.144. The Labute approximate surface area is 95.8 Å². The molecule has 1 unspecified atom stereocenters. The Kier molecular flexibility index (Phi) is 9.30. The summed E-state index contributed by atoms with van der Waals surface area (Å²) < 4.78 is 1.31. The monoisotopic (exact) mass is 296 g/mol. The summed E-state index contributed by atoms with van der Waals surface area (Å²) in [6, 6.07) is 0. The number of unbranched alkanes of at least 4 members (excludes halogenated alkanes) is 3. The largest absolute Gasteiger partial charge is 0.393 e. The first-order valence-corrected chi connectivity index (χ1v) is 6.31. The normalized spacial score (nSPS) is 14.6. The van der Waals surface area contributed by atoms with Gasteiger partial charge in [0.1, 0.15) is 0 Å². The topological polar surface area (TPSA) is 20.2 Å². The highest BCUT2D eigenvalue weighted by molar-refractivity contribution is 14.1. The average Bonchev–Trinajstić information content (AvgIpc) is 2.12. The molecule has 0 aliphatic heterocycles. The predicted molar refractivity (Wildman–Crippen MR) is 67.2 cm³/mol. The zero-order valence-electron chi connectivity index (χ0n) is 8.72. The molecule has 1 nitrogen and oxygen atoms in total. The molecule has 13 heavy (non-hydrogen) atoms. The fourth-order valence-corrected chi connectivity index (χ4v) is 1.93. The summed E-state index contributed by atoms with van der Waals surface area (Å²) in [5, 5.41) is 9.39. The second-order valence-corrected chi connectivity index (χ2v) is 4.80. The van der Waals surface area contributed by atoms with E-state index in [9.17, 15) is 5.11 Å². The lowest BCUT2D eigenvalue weighted by atomic mass is 10.1. The Morgan fingerprint density at radius 3 is 2.62 bits per heavy atom. The van der Waals surface area contributed by atoms with E-state index in [1.54, 1.807) is 0 Å². The van der Waals surface area contributed by atoms with Crippen molar-refractivity contribution >= 4 is 22.6 Å². The average molecular weight is 296 g/mol. The molecule has 2 heteroatoms. The molecule has 78 valence electrons. The molecule has 0 radical (unpaired) electrons. The Hall–Kier alpha value is 0.430. The lowest BCUT2D eigenvalue weighted by molar-refractivity contribution is 0.173. The Balaban J connectivity index is 3.50. The second kappa shape index (κ2) is 9.00. The van der Waals surface area contributed by atoms with Crippen LogP contribution in [0.5, 0.6) is 0 Å². The Bertz CT molecular complexity index is 143. The van der Waals surface area contributed by atoms with Gasteiger partial charge in [-0.1, -0.05) is 32.8 Å². The van der Waals surface area contributed by atoms with E-state index in [0.29, 0.717) is 0 Å². The molecule has 0 aliphatic carbocycles. The minimum Gasteiger partial charge on any atom is -0.393 e. The van der Waals surface area contributed by atoms with Crippen LogP contribution in [0.1, 0.15) is 52.4 Å². The molecule has 0 heterocycles. The maximum atomic E-state index is 9.39. The number of rotatable bonds is 7. The molecule has 0 fully saturated rings. The molecule has 0 bridgehead atoms. The molecule has 0 saturated heterocycles. The maximum absolute atomic E-state index is 9.39. The molecule has 0 spiro atoms. The number of allylic oxidation sites excluding steroid dienone is 1. The third-order valence-corrected chi connectivity index (χ3v) is 2.96. The van der Waals surface area contributed by atoms with Gasteiger partial charge in [0.05, 0.1) is 6.10 Å². The van der Waals surface area contributed by atoms with Crippen molar-refractivity contribution in [1.82, 2.24) is 0 Å². The standard InChI is InChI=1S/C11H21IO/c1-3-5-6-7-8-10(12)9-11(13)4-2/h8,11,13H,3-7,9H2,1-2H3/b10-8-. The van der Waals surface area contributed by atoms with Crippen LogP contribution in [0.25, 0.3) is 0 Å². The van der Waals surface area contributed by atoms with Crippen molar-refractivity contribution in [3.63, 3.8) is 0 Å². The van der Waals surface area contributed by atoms with E-state index in [1.165, 1.54) is 29.3 Å². The van der Waals surface area contributed by atoms with Crippen LogP contribution in [0.15, 0.2) is 9.66 Å². The maximum Gasteiger partial charge on any atom is 0.0582 e. The highest BCUT2D eigenvalue weighted by Crippen LogP contribution is 2.17. The Morgan fingerprint density at radius 1 is 1.38 bits per heavy atom. The third-order valence-electron chi connectivity index (χ3n) is 2.08. The van der Waals surface area contributed by atoms with E-state index in [0.717, 1.165) is 12.8 Å². The van der Waals surface area contributed by atoms with Crippen LogP contribution >= 0.6 is 22.6 Å². The van der Waals surface area contributed by atoms with Gasteiger partial charge in [0.2, 0.25) is 0 Å². The fourth-order valence-electron chi connectivity index (χ4n) is 1.11. The number of aliphatic hydroxyl groups excluding tert-OH is 1. The Morgan fingerprint density at radius 2 is 2.08 bits per heavy atom. The summed E-state index contributed by atoms with van der Waals surface area (Å²) in [5.41, 5.74) is 0. The van der Waals surface area contributed by atoms with Crippen molar-refractivity contribution in [3.8, 4) is 0 Å². The van der Waals surface area contributed by atoms with Gasteiger partial charge < -0.3 is 5.11 Å². The SMILES string of the molecule is CCCCC/C=C(\I)CC(O)CC. The van der Waals surface area contributed by atoms with Gasteiger partial charge in [-0.15, -0.1) is 0 Å². The van der Waals surface area contributed by atoms with Crippen molar-refractivity contribution < 1.29 is 5.11 Å². The van der Waals surface area contributed by atoms with Crippen LogP contribution in [0.2, 0.25) is 0 Å². The van der Waals surface area contributed by atoms with Crippen molar-refractivity contribution in [2.75, 3.05) is 0 Å². The number of hydrogen-bond acceptors (Lipinski definition) is 1. The van der Waals surface area contributed by atoms with E-state index >= 15 is 0 Å². The summed E-state index contributed by atoms with van der Waals surface area (Å²) >= 11 is 2.33. The highest BCUT2D eigenvalue weighted by atomic mass is 127. The quantitative estimate of drug-likeness (QED) is 0.555. The van der Waals surface area contributed by atoms with Crippen molar-refractivity contribution in [1.29, 1.82) is 0 Å². The molecule has 1 atom stereocenters. The number of halogens is 1. The molecule has 0 aliphatic rings. The van der Waals surface area contributed by atoms with Gasteiger partial charge in [0.15, 0.2) is 0 Å². The van der Waals surface area contributed by atoms with Gasteiger partial charge in [-0.3, -0.25) is 0 Å². The van der Waals surface area contributed by atoms with Crippen molar-refractivity contribution in [2.45, 2.75) is 58.5 Å². The molecule has 0 aromatic rings. The summed E-state index contributed by atoms with van der Waals surface area (Å²) in [6.45, 7) is 4.24. The molecule has 0 amide bonds. The molecular weight excluding hydrogens is 275 g/mol. The molecule has 0 aromatic carbocycles. The lowest BCUT2D eigenvalue weighted by Crippen LogP contribution is -2.03. The van der Waals surface area contributed by atoms with E-state index in [1.807, 2.05) is 6.92 Å². The first-order valence-electron chi connectivity index (χ1n) is 5.23. The summed E-state index contributed by atoms with van der Waals surface area (Å²) in [5.74, 6) is 0. The van der Waals surface area contributed by atoms with Gasteiger partial charge in [0.25, 0.3) is 0 Å². The first kappa shape index (κ1) is 13.4. The van der Waals surface area contributed by atoms with E-state index in [-0.39, 0.29) is 6.10 Å². The zero-order chi connectivity index (χ0) is 10.1. The fraction of sp³-hybridized carbons (Fsp3) is 0.818. The molecule has 1 N–H and O–H groups in total. The van der Waals surface area contributed by atoms with Gasteiger partial charge in [-0.2, -0.15) is 0 Å². The number of aliphatic hydroxyl groups is 1. The van der Waals surface area contributed by atoms with Gasteiger partial charge in [-0.25, -0.2) is 0 Å². The van der Waals surface area contributed by atoms with Crippen molar-refractivity contribution in [3.05, 3.63) is 9.66 Å². The van der Waals surface area contributed by atoms with Crippen molar-refractivity contribution in [2.24, 2.45) is 0 Å². The smallest absolute Gasteiger partial charge is 0.0582 e. The van der Waals surface area contributed by atoms with Gasteiger partial charge in [-0.05, 0) is 45.4 Å². The van der Waals surface area contributed by atoms with Crippen LogP contribution < -0.4 is 0 Å². The summed E-state index contributed by atoms with van der Waals surface area (Å²) in [7, 11) is 0. The number of hydrogen-bond donors (Lipinski definition) is 1. The molecular formula is C11H21IO. The van der Waals surface area contributed by atoms with Crippen LogP contribution in [-0.4, -0.2) is 11.2 Å². The van der Waals surface area contributed by atoms with E-state index < -0.39 is 0 Å². The minimum atomic E-state index is -0.144. The summed E-state index contributed by atoms with van der Waals surface area (Å²) in [6.07, 6.45) is 8.86. The predicted octanol–water partition coefficient (Wildman–Crippen LogP) is 4.05. The van der Waals surface area contributed by atoms with Gasteiger partial charge in [0, 0.05) is 6.42 Å². The first-order chi connectivity index (χ1) is 6.20. The van der Waals surface area contributed by atoms with Crippen LogP contribution in [0, 0.1) is 0 Å². The molecule has 0 rings (SSSR count). The van der Waals surface area contributed by atoms with Crippen LogP contribution in [0.4, 0.5) is 0 Å². The highest BCUT2D eigenvalue weighted by Gasteiger charge is 2.01. The summed E-state index contributed by atoms with van der Waals surface area (Å²) in [4.78, 5) is 0. The van der Waals surface area contributed by atoms with E-state index in [4.69, 9.17) is 0 Å². The molecule has 0 aromatic heterocycles. The van der Waals surface area contributed by atoms with Crippen LogP contribution in [-0.2, 0) is 0 Å². The zero-order valence-corrected chi connectivity index (χ0v) is 10.9. The van der Waals surface area contributed by atoms with Gasteiger partial charge >= 0.3 is 0 Å². The van der Waals surface area contributed by atoms with Crippen LogP contribution in [0.3, 0.4) is 0 Å².